The van der Waals surface area contributed by atoms with Gasteiger partial charge in [-0.3, -0.25) is 4.72 Å². The van der Waals surface area contributed by atoms with Gasteiger partial charge in [0.25, 0.3) is 10.0 Å². The Kier molecular flexibility index (Phi) is 2.61. The smallest absolute Gasteiger partial charge is 0.259 e. The highest BCUT2D eigenvalue weighted by atomic mass is 32.2. The lowest BCUT2D eigenvalue weighted by Crippen LogP contribution is -2.13. The van der Waals surface area contributed by atoms with Crippen molar-refractivity contribution in [2.75, 3.05) is 4.72 Å². The first kappa shape index (κ1) is 10.6. The monoisotopic (exact) mass is 239 g/mol. The molecule has 0 saturated carbocycles. The van der Waals surface area contributed by atoms with Crippen molar-refractivity contribution >= 4 is 15.8 Å². The van der Waals surface area contributed by atoms with E-state index < -0.39 is 10.0 Å². The predicted molar refractivity (Wildman–Crippen MR) is 56.3 cm³/mol. The van der Waals surface area contributed by atoms with Crippen molar-refractivity contribution in [1.82, 2.24) is 10.3 Å². The summed E-state index contributed by atoms with van der Waals surface area (Å²) in [6, 6.07) is 8.00. The average molecular weight is 239 g/mol. The third kappa shape index (κ3) is 2.03. The van der Waals surface area contributed by atoms with Crippen molar-refractivity contribution in [1.29, 1.82) is 0 Å². The van der Waals surface area contributed by atoms with Crippen LogP contribution in [0.25, 0.3) is 0 Å². The van der Waals surface area contributed by atoms with Crippen molar-refractivity contribution in [2.24, 2.45) is 0 Å². The van der Waals surface area contributed by atoms with E-state index in [0.717, 1.165) is 0 Å². The molecule has 2 aromatic rings. The third-order valence-corrected chi connectivity index (χ3v) is 3.29. The number of aryl methyl sites for hydroxylation is 1. The zero-order chi connectivity index (χ0) is 11.6. The Hall–Kier alpha value is -1.89. The molecular weight excluding hydrogens is 230 g/mol. The van der Waals surface area contributed by atoms with Crippen LogP contribution in [0.4, 0.5) is 5.82 Å². The molecule has 0 aliphatic heterocycles. The van der Waals surface area contributed by atoms with Gasteiger partial charge in [-0.1, -0.05) is 23.4 Å². The van der Waals surface area contributed by atoms with Gasteiger partial charge in [0.15, 0.2) is 0 Å². The molecule has 84 valence electrons. The second-order valence-corrected chi connectivity index (χ2v) is 4.80. The maximum atomic E-state index is 11.8. The Bertz CT molecular complexity index is 577. The minimum absolute atomic E-state index is 0.101. The molecule has 0 spiro atoms. The average Bonchev–Trinajstić information content (AvgIpc) is 2.65. The number of anilines is 1. The highest BCUT2D eigenvalue weighted by molar-refractivity contribution is 7.92. The van der Waals surface area contributed by atoms with Gasteiger partial charge < -0.3 is 0 Å². The van der Waals surface area contributed by atoms with E-state index in [4.69, 9.17) is 0 Å². The molecule has 7 heteroatoms. The number of hydrogen-bond donors (Lipinski definition) is 1. The molecule has 1 aromatic carbocycles. The lowest BCUT2D eigenvalue weighted by Gasteiger charge is -2.04. The molecule has 2 rings (SSSR count). The van der Waals surface area contributed by atoms with E-state index in [0.29, 0.717) is 5.69 Å². The molecule has 0 aliphatic carbocycles. The lowest BCUT2D eigenvalue weighted by atomic mass is 10.4. The van der Waals surface area contributed by atoms with Gasteiger partial charge in [0.05, 0.1) is 4.90 Å². The van der Waals surface area contributed by atoms with Crippen LogP contribution < -0.4 is 4.72 Å². The molecule has 0 fully saturated rings. The summed E-state index contributed by atoms with van der Waals surface area (Å²) in [6.07, 6.45) is 0. The fourth-order valence-electron chi connectivity index (χ4n) is 1.11. The summed E-state index contributed by atoms with van der Waals surface area (Å²) in [4.78, 5) is 0.164. The van der Waals surface area contributed by atoms with Crippen LogP contribution in [0.3, 0.4) is 0 Å². The fourth-order valence-corrected chi connectivity index (χ4v) is 2.18. The van der Waals surface area contributed by atoms with E-state index in [-0.39, 0.29) is 10.7 Å². The topological polar surface area (TPSA) is 85.1 Å². The van der Waals surface area contributed by atoms with Crippen LogP contribution >= 0.6 is 0 Å². The molecular formula is C9H9N3O3S. The Morgan fingerprint density at radius 1 is 1.19 bits per heavy atom. The van der Waals surface area contributed by atoms with Crippen LogP contribution in [0.2, 0.25) is 0 Å². The standard InChI is InChI=1S/C9H9N3O3S/c1-7-9(11-15-10-7)12-16(13,14)8-5-3-2-4-6-8/h2-6H,1H3,(H,11,12). The number of nitrogens with zero attached hydrogens (tertiary/aromatic N) is 2. The van der Waals surface area contributed by atoms with Crippen molar-refractivity contribution in [3.05, 3.63) is 36.0 Å². The molecule has 6 nitrogen and oxygen atoms in total. The summed E-state index contributed by atoms with van der Waals surface area (Å²) in [5, 5.41) is 6.93. The lowest BCUT2D eigenvalue weighted by molar-refractivity contribution is 0.306. The highest BCUT2D eigenvalue weighted by Gasteiger charge is 2.17. The second kappa shape index (κ2) is 3.93. The van der Waals surface area contributed by atoms with Gasteiger partial charge in [-0.2, -0.15) is 0 Å². The second-order valence-electron chi connectivity index (χ2n) is 3.12. The van der Waals surface area contributed by atoms with Gasteiger partial charge in [0, 0.05) is 0 Å². The molecule has 0 bridgehead atoms. The van der Waals surface area contributed by atoms with Crippen LogP contribution in [0.15, 0.2) is 39.9 Å². The molecule has 1 heterocycles. The van der Waals surface area contributed by atoms with Crippen molar-refractivity contribution < 1.29 is 13.0 Å². The minimum atomic E-state index is -3.62. The van der Waals surface area contributed by atoms with Gasteiger partial charge in [0.2, 0.25) is 5.82 Å². The number of nitrogens with one attached hydrogen (secondary N) is 1. The number of hydrogen-bond acceptors (Lipinski definition) is 5. The summed E-state index contributed by atoms with van der Waals surface area (Å²) < 4.78 is 30.4. The van der Waals surface area contributed by atoms with E-state index in [1.165, 1.54) is 12.1 Å². The van der Waals surface area contributed by atoms with E-state index in [2.05, 4.69) is 19.7 Å². The molecule has 0 unspecified atom stereocenters. The summed E-state index contributed by atoms with van der Waals surface area (Å²) in [5.41, 5.74) is 0.388. The maximum absolute atomic E-state index is 11.8. The first-order valence-electron chi connectivity index (χ1n) is 4.46. The summed E-state index contributed by atoms with van der Waals surface area (Å²) >= 11 is 0. The molecule has 0 amide bonds. The molecule has 0 radical (unpaired) electrons. The summed E-state index contributed by atoms with van der Waals surface area (Å²) in [7, 11) is -3.62. The Labute approximate surface area is 92.3 Å². The molecule has 1 aromatic heterocycles. The largest absolute Gasteiger partial charge is 0.263 e. The van der Waals surface area contributed by atoms with Gasteiger partial charge in [-0.25, -0.2) is 13.0 Å². The molecule has 1 N–H and O–H groups in total. The Balaban J connectivity index is 2.32. The van der Waals surface area contributed by atoms with Crippen molar-refractivity contribution in [3.8, 4) is 0 Å². The SMILES string of the molecule is Cc1nonc1NS(=O)(=O)c1ccccc1. The molecule has 0 atom stereocenters. The van der Waals surface area contributed by atoms with E-state index >= 15 is 0 Å². The maximum Gasteiger partial charge on any atom is 0.263 e. The summed E-state index contributed by atoms with van der Waals surface area (Å²) in [6.45, 7) is 1.60. The van der Waals surface area contributed by atoms with E-state index in [1.807, 2.05) is 0 Å². The van der Waals surface area contributed by atoms with Gasteiger partial charge in [0.1, 0.15) is 5.69 Å². The van der Waals surface area contributed by atoms with Crippen LogP contribution in [-0.2, 0) is 10.0 Å². The number of benzene rings is 1. The number of aromatic nitrogens is 2. The quantitative estimate of drug-likeness (QED) is 0.869. The van der Waals surface area contributed by atoms with Crippen molar-refractivity contribution in [3.63, 3.8) is 0 Å². The molecule has 0 saturated heterocycles. The van der Waals surface area contributed by atoms with Crippen LogP contribution in [-0.4, -0.2) is 18.7 Å². The Morgan fingerprint density at radius 3 is 2.44 bits per heavy atom. The predicted octanol–water partition coefficient (Wildman–Crippen LogP) is 1.18. The van der Waals surface area contributed by atoms with Crippen LogP contribution in [0, 0.1) is 6.92 Å². The summed E-state index contributed by atoms with van der Waals surface area (Å²) in [5.74, 6) is 0.101. The van der Waals surface area contributed by atoms with Crippen molar-refractivity contribution in [2.45, 2.75) is 11.8 Å². The number of rotatable bonds is 3. The Morgan fingerprint density at radius 2 is 1.88 bits per heavy atom. The zero-order valence-corrected chi connectivity index (χ0v) is 9.23. The van der Waals surface area contributed by atoms with Crippen LogP contribution in [0.1, 0.15) is 5.69 Å². The normalized spacial score (nSPS) is 11.3. The zero-order valence-electron chi connectivity index (χ0n) is 8.41. The third-order valence-electron chi connectivity index (χ3n) is 1.94. The highest BCUT2D eigenvalue weighted by Crippen LogP contribution is 2.15. The van der Waals surface area contributed by atoms with Gasteiger partial charge in [-0.15, -0.1) is 0 Å². The fraction of sp³-hybridized carbons (Fsp3) is 0.111. The first-order valence-corrected chi connectivity index (χ1v) is 5.95. The van der Waals surface area contributed by atoms with E-state index in [9.17, 15) is 8.42 Å². The molecule has 16 heavy (non-hydrogen) atoms. The minimum Gasteiger partial charge on any atom is -0.259 e. The first-order chi connectivity index (χ1) is 7.59. The van der Waals surface area contributed by atoms with E-state index in [1.54, 1.807) is 25.1 Å². The van der Waals surface area contributed by atoms with Gasteiger partial charge >= 0.3 is 0 Å². The van der Waals surface area contributed by atoms with Gasteiger partial charge in [-0.05, 0) is 24.2 Å². The number of sulfonamides is 1. The van der Waals surface area contributed by atoms with Crippen LogP contribution in [0.5, 0.6) is 0 Å². The molecule has 0 aliphatic rings.